The Morgan fingerprint density at radius 3 is 2.82 bits per heavy atom. The number of hydrogen-bond donors (Lipinski definition) is 1. The molecule has 2 aromatic carbocycles. The Hall–Kier alpha value is -3.98. The van der Waals surface area contributed by atoms with E-state index in [1.54, 1.807) is 6.07 Å². The summed E-state index contributed by atoms with van der Waals surface area (Å²) in [6.45, 7) is 2.14. The summed E-state index contributed by atoms with van der Waals surface area (Å²) in [5.74, 6) is 0.250. The molecular formula is C29H22BrFN4O3. The summed E-state index contributed by atoms with van der Waals surface area (Å²) in [5, 5.41) is 3.89. The molecule has 0 bridgehead atoms. The van der Waals surface area contributed by atoms with E-state index in [2.05, 4.69) is 54.9 Å². The predicted molar refractivity (Wildman–Crippen MR) is 144 cm³/mol. The fraction of sp³-hybridized carbons (Fsp3) is 0.207. The standard InChI is InChI=1S/C29H22BrFN4O3/c1-15(27-33-29(36)38-34-27)25-20-8-4-16(11-18(20)14-37-24-13-19(31)7-9-21(24)25)12-23-26(17-5-6-17)32-28-22(30)3-2-10-35(23)28/h2-4,7-11,13,17H,5-6,12,14H2,1H3,(H,33,34,36)/b25-15+. The first-order valence-corrected chi connectivity index (χ1v) is 13.2. The van der Waals surface area contributed by atoms with Gasteiger partial charge in [0.1, 0.15) is 18.2 Å². The lowest BCUT2D eigenvalue weighted by Crippen LogP contribution is -2.02. The number of hydrogen-bond acceptors (Lipinski definition) is 5. The molecule has 0 amide bonds. The highest BCUT2D eigenvalue weighted by Gasteiger charge is 2.31. The normalized spacial score (nSPS) is 16.1. The lowest BCUT2D eigenvalue weighted by atomic mass is 9.89. The predicted octanol–water partition coefficient (Wildman–Crippen LogP) is 6.25. The van der Waals surface area contributed by atoms with Crippen LogP contribution in [0.1, 0.15) is 65.1 Å². The van der Waals surface area contributed by atoms with E-state index in [9.17, 15) is 9.18 Å². The number of nitrogens with zero attached hydrogens (tertiary/aromatic N) is 3. The molecule has 38 heavy (non-hydrogen) atoms. The molecule has 0 unspecified atom stereocenters. The van der Waals surface area contributed by atoms with E-state index in [1.165, 1.54) is 30.7 Å². The number of halogens is 2. The number of ether oxygens (including phenoxy) is 1. The number of aromatic nitrogens is 4. The van der Waals surface area contributed by atoms with Crippen molar-refractivity contribution in [2.24, 2.45) is 0 Å². The van der Waals surface area contributed by atoms with Crippen molar-refractivity contribution in [2.75, 3.05) is 0 Å². The number of rotatable bonds is 4. The van der Waals surface area contributed by atoms with Crippen molar-refractivity contribution in [3.8, 4) is 5.75 Å². The van der Waals surface area contributed by atoms with E-state index in [-0.39, 0.29) is 12.4 Å². The van der Waals surface area contributed by atoms with E-state index in [0.29, 0.717) is 29.5 Å². The number of H-pyrrole nitrogens is 1. The summed E-state index contributed by atoms with van der Waals surface area (Å²) < 4.78 is 28.2. The number of benzene rings is 2. The molecule has 190 valence electrons. The van der Waals surface area contributed by atoms with Crippen LogP contribution in [0.2, 0.25) is 0 Å². The van der Waals surface area contributed by atoms with Gasteiger partial charge in [-0.05, 0) is 82.2 Å². The van der Waals surface area contributed by atoms with Gasteiger partial charge in [-0.25, -0.2) is 14.2 Å². The quantitative estimate of drug-likeness (QED) is 0.275. The molecule has 0 radical (unpaired) electrons. The van der Waals surface area contributed by atoms with Crippen LogP contribution in [-0.2, 0) is 13.0 Å². The van der Waals surface area contributed by atoms with Gasteiger partial charge in [-0.3, -0.25) is 9.51 Å². The molecule has 1 fully saturated rings. The van der Waals surface area contributed by atoms with Crippen LogP contribution in [0.4, 0.5) is 4.39 Å². The summed E-state index contributed by atoms with van der Waals surface area (Å²) in [5.41, 5.74) is 8.54. The zero-order valence-electron chi connectivity index (χ0n) is 20.4. The molecule has 1 aliphatic heterocycles. The van der Waals surface area contributed by atoms with Gasteiger partial charge in [0.2, 0.25) is 0 Å². The second kappa shape index (κ2) is 8.80. The average molecular weight is 573 g/mol. The van der Waals surface area contributed by atoms with Crippen LogP contribution >= 0.6 is 15.9 Å². The highest BCUT2D eigenvalue weighted by Crippen LogP contribution is 2.43. The third-order valence-corrected chi connectivity index (χ3v) is 7.89. The zero-order chi connectivity index (χ0) is 26.0. The number of aromatic amines is 1. The Morgan fingerprint density at radius 2 is 2.03 bits per heavy atom. The highest BCUT2D eigenvalue weighted by molar-refractivity contribution is 9.10. The largest absolute Gasteiger partial charge is 0.488 e. The Morgan fingerprint density at radius 1 is 1.18 bits per heavy atom. The van der Waals surface area contributed by atoms with Gasteiger partial charge in [0.25, 0.3) is 0 Å². The van der Waals surface area contributed by atoms with Crippen molar-refractivity contribution in [1.29, 1.82) is 0 Å². The number of fused-ring (bicyclic) bond motifs is 3. The summed E-state index contributed by atoms with van der Waals surface area (Å²) in [6.07, 6.45) is 5.11. The molecule has 0 spiro atoms. The summed E-state index contributed by atoms with van der Waals surface area (Å²) in [4.78, 5) is 19.3. The fourth-order valence-electron chi connectivity index (χ4n) is 5.31. The first-order valence-electron chi connectivity index (χ1n) is 12.4. The Balaban J connectivity index is 1.36. The van der Waals surface area contributed by atoms with Gasteiger partial charge in [0.15, 0.2) is 11.5 Å². The molecule has 7 nitrogen and oxygen atoms in total. The van der Waals surface area contributed by atoms with Crippen LogP contribution in [0.15, 0.2) is 68.5 Å². The van der Waals surface area contributed by atoms with E-state index in [0.717, 1.165) is 43.6 Å². The van der Waals surface area contributed by atoms with E-state index in [1.807, 2.05) is 19.1 Å². The van der Waals surface area contributed by atoms with Crippen molar-refractivity contribution in [1.82, 2.24) is 19.5 Å². The molecule has 9 heteroatoms. The second-order valence-corrected chi connectivity index (χ2v) is 10.7. The lowest BCUT2D eigenvalue weighted by molar-refractivity contribution is 0.305. The minimum absolute atomic E-state index is 0.278. The van der Waals surface area contributed by atoms with E-state index < -0.39 is 5.76 Å². The average Bonchev–Trinajstić information content (AvgIpc) is 3.59. The third-order valence-electron chi connectivity index (χ3n) is 7.27. The van der Waals surface area contributed by atoms with Crippen LogP contribution in [0, 0.1) is 5.82 Å². The molecule has 5 aromatic rings. The molecule has 1 saturated carbocycles. The molecule has 7 rings (SSSR count). The van der Waals surface area contributed by atoms with Gasteiger partial charge < -0.3 is 9.14 Å². The number of pyridine rings is 1. The maximum absolute atomic E-state index is 14.2. The summed E-state index contributed by atoms with van der Waals surface area (Å²) in [7, 11) is 0. The molecule has 4 heterocycles. The molecule has 3 aromatic heterocycles. The van der Waals surface area contributed by atoms with Gasteiger partial charge in [-0.2, -0.15) is 0 Å². The molecular weight excluding hydrogens is 551 g/mol. The SMILES string of the molecule is C/C(=C1/c2ccc(Cc3c(C4CC4)nc4c(Br)cccn34)cc2COc2cc(F)ccc21)c1noc(=O)[nH]1. The minimum atomic E-state index is -0.633. The first kappa shape index (κ1) is 23.2. The van der Waals surface area contributed by atoms with Gasteiger partial charge in [-0.15, -0.1) is 0 Å². The second-order valence-electron chi connectivity index (χ2n) is 9.81. The summed E-state index contributed by atoms with van der Waals surface area (Å²) >= 11 is 3.65. The number of nitrogens with one attached hydrogen (secondary N) is 1. The van der Waals surface area contributed by atoms with Crippen molar-refractivity contribution in [3.63, 3.8) is 0 Å². The number of allylic oxidation sites excluding steroid dienone is 1. The van der Waals surface area contributed by atoms with E-state index >= 15 is 0 Å². The Kier molecular flexibility index (Phi) is 5.36. The monoisotopic (exact) mass is 572 g/mol. The van der Waals surface area contributed by atoms with Crippen LogP contribution in [0.3, 0.4) is 0 Å². The zero-order valence-corrected chi connectivity index (χ0v) is 22.0. The van der Waals surface area contributed by atoms with Crippen molar-refractivity contribution in [3.05, 3.63) is 115 Å². The van der Waals surface area contributed by atoms with Crippen molar-refractivity contribution < 1.29 is 13.7 Å². The topological polar surface area (TPSA) is 85.4 Å². The highest BCUT2D eigenvalue weighted by atomic mass is 79.9. The van der Waals surface area contributed by atoms with Gasteiger partial charge >= 0.3 is 5.76 Å². The maximum atomic E-state index is 14.2. The van der Waals surface area contributed by atoms with Crippen molar-refractivity contribution >= 4 is 32.7 Å². The number of imidazole rings is 1. The molecule has 0 atom stereocenters. The minimum Gasteiger partial charge on any atom is -0.488 e. The first-order chi connectivity index (χ1) is 18.5. The van der Waals surface area contributed by atoms with E-state index in [4.69, 9.17) is 14.2 Å². The maximum Gasteiger partial charge on any atom is 0.439 e. The molecule has 1 aliphatic carbocycles. The molecule has 0 saturated heterocycles. The smallest absolute Gasteiger partial charge is 0.439 e. The molecule has 1 N–H and O–H groups in total. The summed E-state index contributed by atoms with van der Waals surface area (Å²) in [6, 6.07) is 14.9. The third kappa shape index (κ3) is 3.89. The Bertz CT molecular complexity index is 1830. The Labute approximate surface area is 225 Å². The van der Waals surface area contributed by atoms with Crippen LogP contribution in [-0.4, -0.2) is 19.5 Å². The van der Waals surface area contributed by atoms with Gasteiger partial charge in [-0.1, -0.05) is 23.4 Å². The van der Waals surface area contributed by atoms with Crippen LogP contribution < -0.4 is 10.5 Å². The van der Waals surface area contributed by atoms with Gasteiger partial charge in [0, 0.05) is 35.7 Å². The van der Waals surface area contributed by atoms with Crippen LogP contribution in [0.25, 0.3) is 16.8 Å². The molecule has 2 aliphatic rings. The fourth-order valence-corrected chi connectivity index (χ4v) is 5.74. The van der Waals surface area contributed by atoms with Crippen LogP contribution in [0.5, 0.6) is 5.75 Å². The van der Waals surface area contributed by atoms with Gasteiger partial charge in [0.05, 0.1) is 15.9 Å². The lowest BCUT2D eigenvalue weighted by Gasteiger charge is -2.14. The van der Waals surface area contributed by atoms with Crippen molar-refractivity contribution in [2.45, 2.75) is 38.7 Å².